The normalized spacial score (nSPS) is 14.5. The van der Waals surface area contributed by atoms with E-state index in [0.717, 1.165) is 32.9 Å². The van der Waals surface area contributed by atoms with E-state index in [9.17, 15) is 9.59 Å². The molecule has 0 radical (unpaired) electrons. The van der Waals surface area contributed by atoms with E-state index < -0.39 is 12.0 Å². The summed E-state index contributed by atoms with van der Waals surface area (Å²) in [6.45, 7) is 2.43. The Morgan fingerprint density at radius 2 is 1.62 bits per heavy atom. The van der Waals surface area contributed by atoms with Crippen LogP contribution in [0.5, 0.6) is 5.75 Å². The average Bonchev–Trinajstić information content (AvgIpc) is 3.44. The summed E-state index contributed by atoms with van der Waals surface area (Å²) in [6, 6.07) is 39.0. The van der Waals surface area contributed by atoms with Gasteiger partial charge >= 0.3 is 5.97 Å². The number of fused-ring (bicyclic) bond motifs is 2. The first-order valence-corrected chi connectivity index (χ1v) is 17.7. The summed E-state index contributed by atoms with van der Waals surface area (Å²) < 4.78 is 13.9. The van der Waals surface area contributed by atoms with Crippen LogP contribution in [-0.4, -0.2) is 23.4 Å². The predicted octanol–water partition coefficient (Wildman–Crippen LogP) is 7.39. The molecule has 48 heavy (non-hydrogen) atoms. The molecule has 0 fully saturated rings. The minimum atomic E-state index is -0.710. The van der Waals surface area contributed by atoms with Crippen LogP contribution < -0.4 is 19.6 Å². The number of benzene rings is 5. The number of thiazole rings is 1. The molecule has 6 nitrogen and oxygen atoms in total. The monoisotopic (exact) mass is 668 g/mol. The number of ether oxygens (including phenoxy) is 2. The molecule has 1 aromatic heterocycles. The molecule has 8 heteroatoms. The molecule has 0 amide bonds. The lowest BCUT2D eigenvalue weighted by atomic mass is 9.93. The van der Waals surface area contributed by atoms with E-state index in [2.05, 4.69) is 24.3 Å². The van der Waals surface area contributed by atoms with Crippen molar-refractivity contribution in [2.24, 2.45) is 4.99 Å². The summed E-state index contributed by atoms with van der Waals surface area (Å²) in [5.41, 5.74) is 4.19. The molecule has 1 atom stereocenters. The van der Waals surface area contributed by atoms with Crippen molar-refractivity contribution in [3.63, 3.8) is 0 Å². The molecule has 2 heterocycles. The highest BCUT2D eigenvalue weighted by Crippen LogP contribution is 2.35. The SMILES string of the molecule is CCOC(=O)C1=C(c2ccccc2)N=c2s/c(=C\c3ccc(OCc4cccc5ccccc45)cc3)c(=O)n2[C@H]1c1ccc(SC)cc1. The fourth-order valence-corrected chi connectivity index (χ4v) is 7.34. The van der Waals surface area contributed by atoms with Gasteiger partial charge in [0, 0.05) is 10.5 Å². The maximum absolute atomic E-state index is 14.2. The Kier molecular flexibility index (Phi) is 9.09. The Morgan fingerprint density at radius 1 is 0.896 bits per heavy atom. The Bertz CT molecular complexity index is 2320. The van der Waals surface area contributed by atoms with E-state index in [4.69, 9.17) is 14.5 Å². The molecule has 0 N–H and O–H groups in total. The lowest BCUT2D eigenvalue weighted by Crippen LogP contribution is -2.40. The molecule has 0 unspecified atom stereocenters. The number of rotatable bonds is 9. The van der Waals surface area contributed by atoms with Crippen LogP contribution in [0.3, 0.4) is 0 Å². The van der Waals surface area contributed by atoms with Crippen LogP contribution in [0.4, 0.5) is 0 Å². The van der Waals surface area contributed by atoms with E-state index in [1.807, 2.05) is 109 Å². The van der Waals surface area contributed by atoms with Gasteiger partial charge in [0.25, 0.3) is 5.56 Å². The maximum atomic E-state index is 14.2. The maximum Gasteiger partial charge on any atom is 0.338 e. The van der Waals surface area contributed by atoms with Crippen LogP contribution in [0.15, 0.2) is 142 Å². The van der Waals surface area contributed by atoms with E-state index in [1.165, 1.54) is 22.1 Å². The van der Waals surface area contributed by atoms with Gasteiger partial charge in [-0.25, -0.2) is 9.79 Å². The van der Waals surface area contributed by atoms with E-state index >= 15 is 0 Å². The van der Waals surface area contributed by atoms with Gasteiger partial charge < -0.3 is 9.47 Å². The molecule has 6 aromatic rings. The molecule has 238 valence electrons. The molecular weight excluding hydrogens is 637 g/mol. The lowest BCUT2D eigenvalue weighted by molar-refractivity contribution is -0.138. The first-order chi connectivity index (χ1) is 23.5. The number of carbonyl (C=O) groups excluding carboxylic acids is 1. The molecule has 5 aromatic carbocycles. The van der Waals surface area contributed by atoms with Gasteiger partial charge in [0.05, 0.1) is 28.5 Å². The minimum Gasteiger partial charge on any atom is -0.489 e. The van der Waals surface area contributed by atoms with Crippen molar-refractivity contribution in [1.29, 1.82) is 0 Å². The Hall–Kier alpha value is -5.18. The molecule has 1 aliphatic heterocycles. The predicted molar refractivity (Wildman–Crippen MR) is 194 cm³/mol. The zero-order valence-electron chi connectivity index (χ0n) is 26.5. The van der Waals surface area contributed by atoms with E-state index in [0.29, 0.717) is 27.2 Å². The second-order valence-corrected chi connectivity index (χ2v) is 13.1. The first kappa shape index (κ1) is 31.4. The largest absolute Gasteiger partial charge is 0.489 e. The Morgan fingerprint density at radius 3 is 2.38 bits per heavy atom. The number of nitrogens with zero attached hydrogens (tertiary/aromatic N) is 2. The van der Waals surface area contributed by atoms with Gasteiger partial charge in [-0.05, 0) is 71.0 Å². The molecular formula is C40H32N2O4S2. The van der Waals surface area contributed by atoms with E-state index in [1.54, 1.807) is 23.3 Å². The number of carbonyl (C=O) groups is 1. The van der Waals surface area contributed by atoms with Crippen molar-refractivity contribution in [2.45, 2.75) is 24.5 Å². The smallest absolute Gasteiger partial charge is 0.338 e. The Labute approximate surface area is 286 Å². The summed E-state index contributed by atoms with van der Waals surface area (Å²) in [6.07, 6.45) is 3.88. The van der Waals surface area contributed by atoms with Crippen molar-refractivity contribution in [3.8, 4) is 5.75 Å². The fraction of sp³-hybridized carbons (Fsp3) is 0.125. The lowest BCUT2D eigenvalue weighted by Gasteiger charge is -2.26. The van der Waals surface area contributed by atoms with Crippen LogP contribution >= 0.6 is 23.1 Å². The van der Waals surface area contributed by atoms with Crippen molar-refractivity contribution in [1.82, 2.24) is 4.57 Å². The van der Waals surface area contributed by atoms with Gasteiger partial charge in [0.1, 0.15) is 12.4 Å². The number of hydrogen-bond donors (Lipinski definition) is 0. The zero-order chi connectivity index (χ0) is 33.0. The number of esters is 1. The summed E-state index contributed by atoms with van der Waals surface area (Å²) in [5.74, 6) is 0.245. The van der Waals surface area contributed by atoms with Gasteiger partial charge in [-0.2, -0.15) is 0 Å². The van der Waals surface area contributed by atoms with Gasteiger partial charge in [-0.1, -0.05) is 108 Å². The van der Waals surface area contributed by atoms with Gasteiger partial charge in [0.15, 0.2) is 4.80 Å². The van der Waals surface area contributed by atoms with E-state index in [-0.39, 0.29) is 12.2 Å². The second-order valence-electron chi connectivity index (χ2n) is 11.2. The third-order valence-electron chi connectivity index (χ3n) is 8.26. The van der Waals surface area contributed by atoms with Crippen LogP contribution in [0.1, 0.15) is 35.2 Å². The van der Waals surface area contributed by atoms with Crippen molar-refractivity contribution < 1.29 is 14.3 Å². The molecule has 0 bridgehead atoms. The minimum absolute atomic E-state index is 0.203. The highest BCUT2D eigenvalue weighted by molar-refractivity contribution is 7.98. The molecule has 0 aliphatic carbocycles. The van der Waals surface area contributed by atoms with Gasteiger partial charge in [-0.3, -0.25) is 9.36 Å². The average molecular weight is 669 g/mol. The molecule has 0 spiro atoms. The van der Waals surface area contributed by atoms with Crippen molar-refractivity contribution >= 4 is 51.6 Å². The molecule has 1 aliphatic rings. The number of aromatic nitrogens is 1. The Balaban J connectivity index is 1.27. The van der Waals surface area contributed by atoms with Gasteiger partial charge in [-0.15, -0.1) is 11.8 Å². The summed E-state index contributed by atoms with van der Waals surface area (Å²) >= 11 is 2.94. The quantitative estimate of drug-likeness (QED) is 0.119. The standard InChI is InChI=1S/C40H32N2O4S2/c1-3-45-39(44)35-36(28-11-5-4-6-12-28)41-40-42(37(35)29-18-22-32(47-2)23-19-29)38(43)34(48-40)24-26-16-20-31(21-17-26)46-25-30-14-9-13-27-10-7-8-15-33(27)30/h4-24,37H,3,25H2,1-2H3/b34-24-/t37-/m0/s1. The zero-order valence-corrected chi connectivity index (χ0v) is 28.1. The summed E-state index contributed by atoms with van der Waals surface area (Å²) in [7, 11) is 0. The number of thioether (sulfide) groups is 1. The number of hydrogen-bond acceptors (Lipinski definition) is 7. The fourth-order valence-electron chi connectivity index (χ4n) is 5.93. The molecule has 7 rings (SSSR count). The van der Waals surface area contributed by atoms with Crippen LogP contribution in [0, 0.1) is 0 Å². The topological polar surface area (TPSA) is 69.9 Å². The van der Waals surface area contributed by atoms with Gasteiger partial charge in [0.2, 0.25) is 0 Å². The van der Waals surface area contributed by atoms with Crippen molar-refractivity contribution in [3.05, 3.63) is 169 Å². The third-order valence-corrected chi connectivity index (χ3v) is 9.98. The molecule has 0 saturated carbocycles. The third kappa shape index (κ3) is 6.24. The molecule has 0 saturated heterocycles. The van der Waals surface area contributed by atoms with Crippen LogP contribution in [0.25, 0.3) is 22.5 Å². The highest BCUT2D eigenvalue weighted by Gasteiger charge is 2.35. The van der Waals surface area contributed by atoms with Crippen LogP contribution in [0.2, 0.25) is 0 Å². The summed E-state index contributed by atoms with van der Waals surface area (Å²) in [5, 5.41) is 2.35. The van der Waals surface area contributed by atoms with Crippen molar-refractivity contribution in [2.75, 3.05) is 12.9 Å². The highest BCUT2D eigenvalue weighted by atomic mass is 32.2. The van der Waals surface area contributed by atoms with Crippen LogP contribution in [-0.2, 0) is 16.1 Å². The first-order valence-electron chi connectivity index (χ1n) is 15.7. The second kappa shape index (κ2) is 13.9. The summed E-state index contributed by atoms with van der Waals surface area (Å²) in [4.78, 5) is 34.4.